The van der Waals surface area contributed by atoms with Gasteiger partial charge in [-0.25, -0.2) is 13.3 Å². The van der Waals surface area contributed by atoms with Crippen LogP contribution in [0, 0.1) is 23.7 Å². The summed E-state index contributed by atoms with van der Waals surface area (Å²) in [5.41, 5.74) is 1.73. The Bertz CT molecular complexity index is 909. The minimum absolute atomic E-state index is 0.0319. The predicted octanol–water partition coefficient (Wildman–Crippen LogP) is 3.78. The van der Waals surface area contributed by atoms with Crippen molar-refractivity contribution in [1.82, 2.24) is 9.62 Å². The summed E-state index contributed by atoms with van der Waals surface area (Å²) >= 11 is 0. The first kappa shape index (κ1) is 25.6. The normalized spacial score (nSPS) is 25.9. The van der Waals surface area contributed by atoms with Gasteiger partial charge >= 0.3 is 0 Å². The van der Waals surface area contributed by atoms with E-state index in [0.29, 0.717) is 6.54 Å². The van der Waals surface area contributed by atoms with Gasteiger partial charge in [0.25, 0.3) is 5.91 Å². The van der Waals surface area contributed by atoms with Crippen LogP contribution in [0.1, 0.15) is 34.1 Å². The highest BCUT2D eigenvalue weighted by molar-refractivity contribution is 8.07. The minimum Gasteiger partial charge on any atom is -0.309 e. The van der Waals surface area contributed by atoms with Crippen molar-refractivity contribution in [3.63, 3.8) is 0 Å². The minimum atomic E-state index is -3.18. The molecular weight excluding hydrogens is 415 g/mol. The van der Waals surface area contributed by atoms with Gasteiger partial charge in [-0.3, -0.25) is 9.79 Å². The number of nitrogens with zero attached hydrogens (tertiary/aromatic N) is 3. The largest absolute Gasteiger partial charge is 0.309 e. The lowest BCUT2D eigenvalue weighted by atomic mass is 9.75. The molecule has 0 saturated carbocycles. The van der Waals surface area contributed by atoms with Crippen LogP contribution in [0.2, 0.25) is 0 Å². The molecule has 4 atom stereocenters. The van der Waals surface area contributed by atoms with Crippen molar-refractivity contribution >= 4 is 20.9 Å². The van der Waals surface area contributed by atoms with Crippen molar-refractivity contribution in [2.75, 3.05) is 34.2 Å². The molecule has 8 heteroatoms. The SMILES string of the molecule is CNS(=O)(=NC(=O)CC1=C(C(C)C)C=CC(F)C1C(C)C)C1=NCC(CN(C)C)C=C1. The lowest BCUT2D eigenvalue weighted by Gasteiger charge is -2.32. The van der Waals surface area contributed by atoms with Crippen LogP contribution < -0.4 is 4.72 Å². The molecule has 1 N–H and O–H groups in total. The zero-order chi connectivity index (χ0) is 23.3. The van der Waals surface area contributed by atoms with E-state index in [0.717, 1.165) is 17.7 Å². The molecule has 1 heterocycles. The van der Waals surface area contributed by atoms with Gasteiger partial charge in [-0.15, -0.1) is 4.36 Å². The molecule has 1 aliphatic heterocycles. The summed E-state index contributed by atoms with van der Waals surface area (Å²) in [4.78, 5) is 19.4. The van der Waals surface area contributed by atoms with Gasteiger partial charge in [0.15, 0.2) is 9.92 Å². The van der Waals surface area contributed by atoms with Crippen molar-refractivity contribution in [3.8, 4) is 0 Å². The first-order chi connectivity index (χ1) is 14.5. The Hall–Kier alpha value is -1.64. The third-order valence-corrected chi connectivity index (χ3v) is 7.49. The highest BCUT2D eigenvalue weighted by Gasteiger charge is 2.33. The molecule has 0 bridgehead atoms. The number of alkyl halides is 1. The molecule has 1 amide bonds. The van der Waals surface area contributed by atoms with E-state index in [1.807, 2.05) is 47.9 Å². The zero-order valence-electron chi connectivity index (χ0n) is 19.8. The second-order valence-electron chi connectivity index (χ2n) is 9.16. The van der Waals surface area contributed by atoms with Crippen LogP contribution in [0.15, 0.2) is 44.8 Å². The number of halogens is 1. The number of rotatable bonds is 7. The van der Waals surface area contributed by atoms with Gasteiger partial charge in [-0.2, -0.15) is 0 Å². The van der Waals surface area contributed by atoms with E-state index in [1.165, 1.54) is 7.05 Å². The van der Waals surface area contributed by atoms with Gasteiger partial charge in [0.1, 0.15) is 11.2 Å². The number of amides is 1. The molecule has 0 aromatic heterocycles. The summed E-state index contributed by atoms with van der Waals surface area (Å²) in [5.74, 6) is -0.487. The van der Waals surface area contributed by atoms with Crippen molar-refractivity contribution in [2.24, 2.45) is 33.0 Å². The fourth-order valence-electron chi connectivity index (χ4n) is 4.20. The van der Waals surface area contributed by atoms with Crippen LogP contribution in [-0.2, 0) is 14.7 Å². The second-order valence-corrected chi connectivity index (χ2v) is 11.2. The molecule has 2 rings (SSSR count). The predicted molar refractivity (Wildman–Crippen MR) is 127 cm³/mol. The van der Waals surface area contributed by atoms with Crippen LogP contribution in [-0.4, -0.2) is 60.5 Å². The quantitative estimate of drug-likeness (QED) is 0.639. The average molecular weight is 453 g/mol. The van der Waals surface area contributed by atoms with Crippen LogP contribution >= 0.6 is 0 Å². The molecule has 4 unspecified atom stereocenters. The molecule has 0 spiro atoms. The van der Waals surface area contributed by atoms with Crippen molar-refractivity contribution in [1.29, 1.82) is 0 Å². The molecule has 0 aromatic carbocycles. The highest BCUT2D eigenvalue weighted by Crippen LogP contribution is 2.38. The Morgan fingerprint density at radius 2 is 1.97 bits per heavy atom. The summed E-state index contributed by atoms with van der Waals surface area (Å²) in [7, 11) is 2.31. The van der Waals surface area contributed by atoms with Crippen LogP contribution in [0.3, 0.4) is 0 Å². The van der Waals surface area contributed by atoms with E-state index in [2.05, 4.69) is 19.0 Å². The number of dihydropyridines is 1. The van der Waals surface area contributed by atoms with Gasteiger partial charge in [-0.05, 0) is 50.7 Å². The molecule has 1 aliphatic carbocycles. The molecule has 0 radical (unpaired) electrons. The maximum absolute atomic E-state index is 14.7. The van der Waals surface area contributed by atoms with E-state index >= 15 is 0 Å². The Morgan fingerprint density at radius 3 is 2.45 bits per heavy atom. The smallest absolute Gasteiger partial charge is 0.259 e. The topological polar surface area (TPSA) is 74.1 Å². The number of hydrogen-bond donors (Lipinski definition) is 1. The van der Waals surface area contributed by atoms with Gasteiger partial charge in [0.05, 0.1) is 6.42 Å². The van der Waals surface area contributed by atoms with Crippen LogP contribution in [0.25, 0.3) is 0 Å². The molecule has 0 fully saturated rings. The van der Waals surface area contributed by atoms with E-state index < -0.39 is 22.0 Å². The van der Waals surface area contributed by atoms with Gasteiger partial charge in [0.2, 0.25) is 0 Å². The number of aliphatic imine (C=N–C) groups is 1. The highest BCUT2D eigenvalue weighted by atomic mass is 32.2. The molecule has 31 heavy (non-hydrogen) atoms. The van der Waals surface area contributed by atoms with Crippen molar-refractivity contribution < 1.29 is 13.4 Å². The van der Waals surface area contributed by atoms with Crippen molar-refractivity contribution in [3.05, 3.63) is 35.5 Å². The lowest BCUT2D eigenvalue weighted by molar-refractivity contribution is -0.117. The molecular formula is C23H37FN4O2S. The molecule has 174 valence electrons. The standard InChI is InChI=1S/C23H37FN4O2S/c1-15(2)18-9-10-20(24)23(16(3)4)19(18)12-21(29)27-31(30,25-5)22-11-8-17(13-26-22)14-28(6)7/h8-11,15-17,20,23H,12-14H2,1-7H3,(H,25,27,29,30). The summed E-state index contributed by atoms with van der Waals surface area (Å²) in [6, 6.07) is 0. The van der Waals surface area contributed by atoms with Gasteiger partial charge in [0, 0.05) is 24.9 Å². The molecule has 6 nitrogen and oxygen atoms in total. The second kappa shape index (κ2) is 10.8. The zero-order valence-corrected chi connectivity index (χ0v) is 20.6. The van der Waals surface area contributed by atoms with Crippen LogP contribution in [0.5, 0.6) is 0 Å². The molecule has 0 aromatic rings. The first-order valence-electron chi connectivity index (χ1n) is 10.9. The summed E-state index contributed by atoms with van der Waals surface area (Å²) in [6.07, 6.45) is 5.84. The van der Waals surface area contributed by atoms with Gasteiger partial charge < -0.3 is 4.90 Å². The Labute approximate surface area is 187 Å². The lowest BCUT2D eigenvalue weighted by Crippen LogP contribution is -2.32. The average Bonchev–Trinajstić information content (AvgIpc) is 2.67. The Kier molecular flexibility index (Phi) is 8.92. The van der Waals surface area contributed by atoms with E-state index in [9.17, 15) is 13.4 Å². The summed E-state index contributed by atoms with van der Waals surface area (Å²) < 4.78 is 34.8. The first-order valence-corrected chi connectivity index (χ1v) is 12.4. The van der Waals surface area contributed by atoms with Crippen LogP contribution in [0.4, 0.5) is 4.39 Å². The number of allylic oxidation sites excluding steroid dienone is 3. The summed E-state index contributed by atoms with van der Waals surface area (Å²) in [5, 5.41) is 0.281. The fraction of sp³-hybridized carbons (Fsp3) is 0.652. The van der Waals surface area contributed by atoms with E-state index in [4.69, 9.17) is 0 Å². The fourth-order valence-corrected chi connectivity index (χ4v) is 5.46. The molecule has 0 saturated heterocycles. The van der Waals surface area contributed by atoms with E-state index in [-0.39, 0.29) is 35.1 Å². The molecule has 2 aliphatic rings. The number of carbonyl (C=O) groups excluding carboxylic acids is 1. The van der Waals surface area contributed by atoms with Gasteiger partial charge in [-0.1, -0.05) is 45.4 Å². The third kappa shape index (κ3) is 6.43. The Balaban J connectivity index is 2.32. The maximum atomic E-state index is 14.7. The third-order valence-electron chi connectivity index (χ3n) is 5.64. The monoisotopic (exact) mass is 452 g/mol. The van der Waals surface area contributed by atoms with Crippen molar-refractivity contribution in [2.45, 2.75) is 40.3 Å². The van der Waals surface area contributed by atoms with E-state index in [1.54, 1.807) is 18.2 Å². The Morgan fingerprint density at radius 1 is 1.29 bits per heavy atom. The number of nitrogens with one attached hydrogen (secondary N) is 1. The number of hydrogen-bond acceptors (Lipinski definition) is 4. The maximum Gasteiger partial charge on any atom is 0.259 e. The number of carbonyl (C=O) groups is 1. The summed E-state index contributed by atoms with van der Waals surface area (Å²) in [6.45, 7) is 9.31.